The molecule has 1 atom stereocenters. The molecular formula is C19H33N7O. The summed E-state index contributed by atoms with van der Waals surface area (Å²) in [4.78, 5) is 8.71. The van der Waals surface area contributed by atoms with Crippen LogP contribution in [0.3, 0.4) is 0 Å². The second-order valence-electron chi connectivity index (χ2n) is 7.33. The molecule has 2 aromatic heterocycles. The van der Waals surface area contributed by atoms with Crippen molar-refractivity contribution in [3.63, 3.8) is 0 Å². The van der Waals surface area contributed by atoms with Crippen LogP contribution < -0.4 is 10.6 Å². The highest BCUT2D eigenvalue weighted by Crippen LogP contribution is 2.14. The standard InChI is InChI=1S/C19H33N7O/c1-12(2)18-23-17(27-25-18)9-8-10-21-19(20-6)22-13(3)11-16-14(4)24-26(7)15(16)5/h12-13H,8-11H2,1-7H3,(H2,20,21,22). The molecule has 0 amide bonds. The molecule has 2 N–H and O–H groups in total. The van der Waals surface area contributed by atoms with E-state index in [0.29, 0.717) is 5.89 Å². The van der Waals surface area contributed by atoms with Gasteiger partial charge in [-0.3, -0.25) is 9.67 Å². The first kappa shape index (κ1) is 20.9. The van der Waals surface area contributed by atoms with Crippen LogP contribution in [0.5, 0.6) is 0 Å². The van der Waals surface area contributed by atoms with Gasteiger partial charge in [-0.1, -0.05) is 19.0 Å². The van der Waals surface area contributed by atoms with Crippen molar-refractivity contribution in [3.8, 4) is 0 Å². The van der Waals surface area contributed by atoms with Crippen LogP contribution in [0, 0.1) is 13.8 Å². The van der Waals surface area contributed by atoms with Crippen molar-refractivity contribution in [2.75, 3.05) is 13.6 Å². The average Bonchev–Trinajstić information content (AvgIpc) is 3.18. The van der Waals surface area contributed by atoms with Gasteiger partial charge in [0, 0.05) is 44.7 Å². The van der Waals surface area contributed by atoms with E-state index in [0.717, 1.165) is 43.3 Å². The number of nitrogens with zero attached hydrogens (tertiary/aromatic N) is 5. The number of guanidine groups is 1. The van der Waals surface area contributed by atoms with E-state index in [1.165, 1.54) is 11.3 Å². The zero-order chi connectivity index (χ0) is 20.0. The minimum atomic E-state index is 0.252. The zero-order valence-corrected chi connectivity index (χ0v) is 17.6. The fourth-order valence-electron chi connectivity index (χ4n) is 2.95. The fourth-order valence-corrected chi connectivity index (χ4v) is 2.95. The SMILES string of the molecule is CN=C(NCCCc1nc(C(C)C)no1)NC(C)Cc1c(C)nn(C)c1C. The summed E-state index contributed by atoms with van der Waals surface area (Å²) in [5.41, 5.74) is 3.60. The Morgan fingerprint density at radius 2 is 2.00 bits per heavy atom. The topological polar surface area (TPSA) is 93.2 Å². The van der Waals surface area contributed by atoms with E-state index < -0.39 is 0 Å². The predicted octanol–water partition coefficient (Wildman–Crippen LogP) is 2.27. The monoisotopic (exact) mass is 375 g/mol. The molecule has 150 valence electrons. The molecule has 2 rings (SSSR count). The van der Waals surface area contributed by atoms with Crippen molar-refractivity contribution in [2.24, 2.45) is 12.0 Å². The molecule has 0 spiro atoms. The Morgan fingerprint density at radius 1 is 1.26 bits per heavy atom. The number of hydrogen-bond acceptors (Lipinski definition) is 5. The van der Waals surface area contributed by atoms with Crippen LogP contribution in [0.1, 0.15) is 61.8 Å². The molecule has 0 bridgehead atoms. The summed E-state index contributed by atoms with van der Waals surface area (Å²) in [5, 5.41) is 15.3. The van der Waals surface area contributed by atoms with Gasteiger partial charge in [0.2, 0.25) is 5.89 Å². The lowest BCUT2D eigenvalue weighted by molar-refractivity contribution is 0.368. The molecule has 8 nitrogen and oxygen atoms in total. The van der Waals surface area contributed by atoms with Crippen molar-refractivity contribution in [1.82, 2.24) is 30.6 Å². The lowest BCUT2D eigenvalue weighted by Crippen LogP contribution is -2.43. The Bertz CT molecular complexity index is 760. The van der Waals surface area contributed by atoms with Gasteiger partial charge in [-0.05, 0) is 39.2 Å². The van der Waals surface area contributed by atoms with Gasteiger partial charge in [0.15, 0.2) is 11.8 Å². The van der Waals surface area contributed by atoms with Crippen LogP contribution in [0.15, 0.2) is 9.52 Å². The molecule has 0 aliphatic heterocycles. The van der Waals surface area contributed by atoms with Gasteiger partial charge in [0.1, 0.15) is 0 Å². The number of aromatic nitrogens is 4. The average molecular weight is 376 g/mol. The number of hydrogen-bond donors (Lipinski definition) is 2. The summed E-state index contributed by atoms with van der Waals surface area (Å²) in [5.74, 6) is 2.55. The van der Waals surface area contributed by atoms with Gasteiger partial charge in [-0.25, -0.2) is 0 Å². The van der Waals surface area contributed by atoms with Gasteiger partial charge in [0.25, 0.3) is 0 Å². The number of aryl methyl sites for hydroxylation is 3. The number of rotatable bonds is 8. The second kappa shape index (κ2) is 9.53. The third kappa shape index (κ3) is 5.80. The van der Waals surface area contributed by atoms with Crippen LogP contribution in [0.2, 0.25) is 0 Å². The van der Waals surface area contributed by atoms with Crippen LogP contribution in [-0.4, -0.2) is 45.5 Å². The van der Waals surface area contributed by atoms with Gasteiger partial charge >= 0.3 is 0 Å². The summed E-state index contributed by atoms with van der Waals surface area (Å²) in [6.45, 7) is 11.2. The van der Waals surface area contributed by atoms with Crippen LogP contribution >= 0.6 is 0 Å². The molecule has 0 radical (unpaired) electrons. The summed E-state index contributed by atoms with van der Waals surface area (Å²) >= 11 is 0. The Hall–Kier alpha value is -2.38. The summed E-state index contributed by atoms with van der Waals surface area (Å²) < 4.78 is 7.21. The van der Waals surface area contributed by atoms with E-state index >= 15 is 0 Å². The molecule has 0 saturated heterocycles. The highest BCUT2D eigenvalue weighted by Gasteiger charge is 2.14. The molecule has 8 heteroatoms. The Balaban J connectivity index is 1.76. The summed E-state index contributed by atoms with van der Waals surface area (Å²) in [6, 6.07) is 0.252. The lowest BCUT2D eigenvalue weighted by atomic mass is 10.1. The van der Waals surface area contributed by atoms with E-state index in [9.17, 15) is 0 Å². The minimum absolute atomic E-state index is 0.252. The Morgan fingerprint density at radius 3 is 2.56 bits per heavy atom. The number of aliphatic imine (C=N–C) groups is 1. The third-order valence-electron chi connectivity index (χ3n) is 4.64. The highest BCUT2D eigenvalue weighted by atomic mass is 16.5. The quantitative estimate of drug-likeness (QED) is 0.418. The van der Waals surface area contributed by atoms with E-state index in [-0.39, 0.29) is 12.0 Å². The predicted molar refractivity (Wildman–Crippen MR) is 107 cm³/mol. The van der Waals surface area contributed by atoms with Crippen molar-refractivity contribution in [3.05, 3.63) is 28.7 Å². The van der Waals surface area contributed by atoms with E-state index in [2.05, 4.69) is 65.5 Å². The summed E-state index contributed by atoms with van der Waals surface area (Å²) in [7, 11) is 3.77. The molecule has 27 heavy (non-hydrogen) atoms. The maximum Gasteiger partial charge on any atom is 0.226 e. The van der Waals surface area contributed by atoms with Gasteiger partial charge in [-0.2, -0.15) is 10.1 Å². The van der Waals surface area contributed by atoms with E-state index in [1.54, 1.807) is 7.05 Å². The smallest absolute Gasteiger partial charge is 0.226 e. The first-order valence-electron chi connectivity index (χ1n) is 9.60. The van der Waals surface area contributed by atoms with Crippen molar-refractivity contribution in [2.45, 2.75) is 65.8 Å². The van der Waals surface area contributed by atoms with E-state index in [4.69, 9.17) is 4.52 Å². The first-order valence-corrected chi connectivity index (χ1v) is 9.60. The third-order valence-corrected chi connectivity index (χ3v) is 4.64. The van der Waals surface area contributed by atoms with Crippen LogP contribution in [-0.2, 0) is 19.9 Å². The van der Waals surface area contributed by atoms with Gasteiger partial charge < -0.3 is 15.2 Å². The number of nitrogens with one attached hydrogen (secondary N) is 2. The Labute approximate surface area is 161 Å². The molecule has 0 aliphatic rings. The highest BCUT2D eigenvalue weighted by molar-refractivity contribution is 5.79. The zero-order valence-electron chi connectivity index (χ0n) is 17.6. The van der Waals surface area contributed by atoms with Crippen molar-refractivity contribution >= 4 is 5.96 Å². The van der Waals surface area contributed by atoms with Gasteiger partial charge in [0.05, 0.1) is 5.69 Å². The second-order valence-corrected chi connectivity index (χ2v) is 7.33. The lowest BCUT2D eigenvalue weighted by Gasteiger charge is -2.18. The van der Waals surface area contributed by atoms with Crippen molar-refractivity contribution < 1.29 is 4.52 Å². The maximum absolute atomic E-state index is 5.27. The van der Waals surface area contributed by atoms with E-state index in [1.807, 2.05) is 11.7 Å². The molecule has 0 fully saturated rings. The van der Waals surface area contributed by atoms with Crippen molar-refractivity contribution in [1.29, 1.82) is 0 Å². The Kier molecular flexibility index (Phi) is 7.38. The van der Waals surface area contributed by atoms with Crippen LogP contribution in [0.25, 0.3) is 0 Å². The normalized spacial score (nSPS) is 13.3. The molecule has 0 saturated carbocycles. The van der Waals surface area contributed by atoms with Gasteiger partial charge in [-0.15, -0.1) is 0 Å². The molecule has 0 aromatic carbocycles. The molecule has 2 aromatic rings. The first-order chi connectivity index (χ1) is 12.8. The minimum Gasteiger partial charge on any atom is -0.356 e. The molecular weight excluding hydrogens is 342 g/mol. The molecule has 2 heterocycles. The molecule has 0 aliphatic carbocycles. The van der Waals surface area contributed by atoms with Crippen LogP contribution in [0.4, 0.5) is 0 Å². The largest absolute Gasteiger partial charge is 0.356 e. The maximum atomic E-state index is 5.27. The fraction of sp³-hybridized carbons (Fsp3) is 0.684. The summed E-state index contributed by atoms with van der Waals surface area (Å²) in [6.07, 6.45) is 2.56. The molecule has 1 unspecified atom stereocenters.